The molecule has 0 fully saturated rings. The van der Waals surface area contributed by atoms with Crippen molar-refractivity contribution in [3.63, 3.8) is 0 Å². The number of carbonyl (C=O) groups excluding carboxylic acids is 1. The Labute approximate surface area is 165 Å². The van der Waals surface area contributed by atoms with Crippen LogP contribution in [0.15, 0.2) is 53.9 Å². The van der Waals surface area contributed by atoms with Crippen molar-refractivity contribution in [3.05, 3.63) is 59.5 Å². The second-order valence-electron chi connectivity index (χ2n) is 6.46. The Morgan fingerprint density at radius 2 is 1.96 bits per heavy atom. The summed E-state index contributed by atoms with van der Waals surface area (Å²) >= 11 is 1.63. The van der Waals surface area contributed by atoms with E-state index in [0.29, 0.717) is 36.0 Å². The number of anilines is 1. The zero-order chi connectivity index (χ0) is 18.9. The Bertz CT molecular complexity index is 1150. The van der Waals surface area contributed by atoms with Crippen LogP contribution in [0.25, 0.3) is 21.7 Å². The average molecular weight is 391 g/mol. The summed E-state index contributed by atoms with van der Waals surface area (Å²) in [6.45, 7) is 1.21. The van der Waals surface area contributed by atoms with Gasteiger partial charge >= 0.3 is 0 Å². The van der Waals surface area contributed by atoms with Crippen molar-refractivity contribution < 1.29 is 14.3 Å². The second kappa shape index (κ2) is 7.01. The number of aromatic amines is 1. The minimum absolute atomic E-state index is 0.201. The van der Waals surface area contributed by atoms with Crippen LogP contribution in [0.3, 0.4) is 0 Å². The van der Waals surface area contributed by atoms with Crippen LogP contribution in [0.2, 0.25) is 0 Å². The molecule has 4 aromatic rings. The molecule has 6 nitrogen and oxygen atoms in total. The van der Waals surface area contributed by atoms with Gasteiger partial charge in [0.05, 0.1) is 29.1 Å². The van der Waals surface area contributed by atoms with E-state index >= 15 is 0 Å². The molecule has 3 heterocycles. The van der Waals surface area contributed by atoms with Gasteiger partial charge in [0.25, 0.3) is 5.91 Å². The number of rotatable bonds is 3. The lowest BCUT2D eigenvalue weighted by atomic mass is 10.1. The molecule has 1 aliphatic rings. The summed E-state index contributed by atoms with van der Waals surface area (Å²) in [7, 11) is 0. The van der Waals surface area contributed by atoms with E-state index < -0.39 is 0 Å². The van der Waals surface area contributed by atoms with Gasteiger partial charge in [0.2, 0.25) is 0 Å². The maximum Gasteiger partial charge on any atom is 0.255 e. The first-order chi connectivity index (χ1) is 13.8. The maximum absolute atomic E-state index is 12.7. The Morgan fingerprint density at radius 3 is 2.82 bits per heavy atom. The van der Waals surface area contributed by atoms with Crippen molar-refractivity contribution >= 4 is 34.0 Å². The van der Waals surface area contributed by atoms with Gasteiger partial charge in [0, 0.05) is 17.7 Å². The van der Waals surface area contributed by atoms with Crippen LogP contribution in [-0.2, 0) is 0 Å². The first kappa shape index (κ1) is 16.8. The predicted octanol–water partition coefficient (Wildman–Crippen LogP) is 4.71. The number of nitrogens with one attached hydrogen (secondary N) is 2. The highest BCUT2D eigenvalue weighted by atomic mass is 32.1. The lowest BCUT2D eigenvalue weighted by Crippen LogP contribution is -2.12. The number of thiophene rings is 1. The smallest absolute Gasteiger partial charge is 0.255 e. The number of hydrogen-bond acceptors (Lipinski definition) is 5. The number of amides is 1. The van der Waals surface area contributed by atoms with Gasteiger partial charge in [0.15, 0.2) is 11.5 Å². The zero-order valence-electron chi connectivity index (χ0n) is 14.9. The zero-order valence-corrected chi connectivity index (χ0v) is 15.7. The first-order valence-electron chi connectivity index (χ1n) is 9.01. The van der Waals surface area contributed by atoms with E-state index in [2.05, 4.69) is 15.3 Å². The molecule has 5 rings (SSSR count). The van der Waals surface area contributed by atoms with Crippen LogP contribution in [0.4, 0.5) is 5.69 Å². The molecule has 28 heavy (non-hydrogen) atoms. The Balaban J connectivity index is 1.39. The molecule has 1 amide bonds. The Kier molecular flexibility index (Phi) is 4.21. The van der Waals surface area contributed by atoms with Crippen LogP contribution >= 0.6 is 11.3 Å². The predicted molar refractivity (Wildman–Crippen MR) is 109 cm³/mol. The van der Waals surface area contributed by atoms with Crippen molar-refractivity contribution in [3.8, 4) is 22.2 Å². The molecule has 0 atom stereocenters. The number of imidazole rings is 1. The first-order valence-corrected chi connectivity index (χ1v) is 9.89. The number of H-pyrrole nitrogens is 1. The van der Waals surface area contributed by atoms with Crippen molar-refractivity contribution in [2.45, 2.75) is 6.42 Å². The van der Waals surface area contributed by atoms with Crippen LogP contribution in [-0.4, -0.2) is 29.1 Å². The fourth-order valence-electron chi connectivity index (χ4n) is 3.13. The molecule has 0 saturated heterocycles. The number of aromatic nitrogens is 2. The molecule has 140 valence electrons. The summed E-state index contributed by atoms with van der Waals surface area (Å²) in [6, 6.07) is 14.9. The van der Waals surface area contributed by atoms with E-state index in [4.69, 9.17) is 9.47 Å². The van der Waals surface area contributed by atoms with Gasteiger partial charge in [0.1, 0.15) is 5.82 Å². The van der Waals surface area contributed by atoms with Crippen LogP contribution in [0.1, 0.15) is 16.8 Å². The number of nitrogens with zero attached hydrogens (tertiary/aromatic N) is 1. The molecule has 0 bridgehead atoms. The SMILES string of the molecule is O=C(Nc1ccc2nc(-c3cccs3)[nH]c2c1)c1ccc2c(c1)OCCCO2. The Morgan fingerprint density at radius 1 is 1.07 bits per heavy atom. The fraction of sp³-hybridized carbons (Fsp3) is 0.143. The van der Waals surface area contributed by atoms with Crippen LogP contribution in [0, 0.1) is 0 Å². The number of hydrogen-bond donors (Lipinski definition) is 2. The number of benzene rings is 2. The van der Waals surface area contributed by atoms with Gasteiger partial charge in [-0.25, -0.2) is 4.98 Å². The molecular formula is C21H17N3O3S. The van der Waals surface area contributed by atoms with Gasteiger partial charge in [-0.15, -0.1) is 11.3 Å². The molecule has 1 aliphatic heterocycles. The molecule has 0 unspecified atom stereocenters. The minimum atomic E-state index is -0.201. The van der Waals surface area contributed by atoms with Crippen LogP contribution in [0.5, 0.6) is 11.5 Å². The van der Waals surface area contributed by atoms with E-state index in [0.717, 1.165) is 28.2 Å². The molecule has 0 aliphatic carbocycles. The molecule has 0 radical (unpaired) electrons. The van der Waals surface area contributed by atoms with Gasteiger partial charge in [-0.1, -0.05) is 6.07 Å². The third-order valence-electron chi connectivity index (χ3n) is 4.50. The highest BCUT2D eigenvalue weighted by Gasteiger charge is 2.15. The van der Waals surface area contributed by atoms with Crippen molar-refractivity contribution in [1.82, 2.24) is 9.97 Å². The quantitative estimate of drug-likeness (QED) is 0.530. The summed E-state index contributed by atoms with van der Waals surface area (Å²) in [6.07, 6.45) is 0.827. The van der Waals surface area contributed by atoms with Gasteiger partial charge in [-0.05, 0) is 47.8 Å². The van der Waals surface area contributed by atoms with E-state index in [1.54, 1.807) is 29.5 Å². The molecule has 7 heteroatoms. The van der Waals surface area contributed by atoms with Crippen molar-refractivity contribution in [2.24, 2.45) is 0 Å². The largest absolute Gasteiger partial charge is 0.490 e. The van der Waals surface area contributed by atoms with E-state index in [9.17, 15) is 4.79 Å². The number of fused-ring (bicyclic) bond motifs is 2. The van der Waals surface area contributed by atoms with E-state index in [-0.39, 0.29) is 5.91 Å². The highest BCUT2D eigenvalue weighted by Crippen LogP contribution is 2.31. The summed E-state index contributed by atoms with van der Waals surface area (Å²) in [5, 5.41) is 4.95. The molecule has 0 saturated carbocycles. The van der Waals surface area contributed by atoms with Gasteiger partial charge < -0.3 is 19.8 Å². The normalized spacial score (nSPS) is 13.3. The molecule has 2 aromatic heterocycles. The number of ether oxygens (including phenoxy) is 2. The Hall–Kier alpha value is -3.32. The molecular weight excluding hydrogens is 374 g/mol. The lowest BCUT2D eigenvalue weighted by molar-refractivity contribution is 0.102. The van der Waals surface area contributed by atoms with Crippen molar-refractivity contribution in [2.75, 3.05) is 18.5 Å². The summed E-state index contributed by atoms with van der Waals surface area (Å²) in [5.74, 6) is 1.91. The van der Waals surface area contributed by atoms with Gasteiger partial charge in [-0.3, -0.25) is 4.79 Å². The lowest BCUT2D eigenvalue weighted by Gasteiger charge is -2.10. The maximum atomic E-state index is 12.7. The highest BCUT2D eigenvalue weighted by molar-refractivity contribution is 7.13. The third kappa shape index (κ3) is 3.20. The second-order valence-corrected chi connectivity index (χ2v) is 7.41. The monoisotopic (exact) mass is 391 g/mol. The van der Waals surface area contributed by atoms with E-state index in [1.807, 2.05) is 35.7 Å². The van der Waals surface area contributed by atoms with E-state index in [1.165, 1.54) is 0 Å². The topological polar surface area (TPSA) is 76.2 Å². The summed E-state index contributed by atoms with van der Waals surface area (Å²) < 4.78 is 11.3. The summed E-state index contributed by atoms with van der Waals surface area (Å²) in [5.41, 5.74) is 2.95. The number of carbonyl (C=O) groups is 1. The fourth-order valence-corrected chi connectivity index (χ4v) is 3.79. The molecule has 2 N–H and O–H groups in total. The molecule has 0 spiro atoms. The summed E-state index contributed by atoms with van der Waals surface area (Å²) in [4.78, 5) is 21.7. The molecule has 2 aromatic carbocycles. The van der Waals surface area contributed by atoms with Crippen LogP contribution < -0.4 is 14.8 Å². The van der Waals surface area contributed by atoms with Gasteiger partial charge in [-0.2, -0.15) is 0 Å². The standard InChI is InChI=1S/C21H17N3O3S/c25-21(13-4-7-17-18(11-13)27-9-2-8-26-17)22-14-5-6-15-16(12-14)24-20(23-15)19-3-1-10-28-19/h1,3-7,10-12H,2,8-9H2,(H,22,25)(H,23,24). The minimum Gasteiger partial charge on any atom is -0.490 e. The third-order valence-corrected chi connectivity index (χ3v) is 5.38. The van der Waals surface area contributed by atoms with Crippen molar-refractivity contribution in [1.29, 1.82) is 0 Å². The average Bonchev–Trinajstić information content (AvgIpc) is 3.32.